The van der Waals surface area contributed by atoms with Crippen LogP contribution in [0.3, 0.4) is 0 Å². The summed E-state index contributed by atoms with van der Waals surface area (Å²) < 4.78 is 57.4. The summed E-state index contributed by atoms with van der Waals surface area (Å²) in [5.41, 5.74) is 25.5. The lowest BCUT2D eigenvalue weighted by Crippen LogP contribution is -2.29. The third-order valence-electron chi connectivity index (χ3n) is 23.8. The van der Waals surface area contributed by atoms with Crippen LogP contribution in [0.5, 0.6) is 23.0 Å². The molecule has 2 atom stereocenters. The van der Waals surface area contributed by atoms with Crippen molar-refractivity contribution >= 4 is 90.2 Å². The first kappa shape index (κ1) is 66.8. The summed E-state index contributed by atoms with van der Waals surface area (Å²) in [5, 5.41) is 4.15. The van der Waals surface area contributed by atoms with E-state index >= 15 is 8.78 Å². The molecule has 3 aliphatic carbocycles. The zero-order valence-corrected chi connectivity index (χ0v) is 61.8. The van der Waals surface area contributed by atoms with Crippen molar-refractivity contribution in [3.63, 3.8) is 0 Å². The number of fused-ring (bicyclic) bond motifs is 15. The van der Waals surface area contributed by atoms with Gasteiger partial charge in [-0.25, -0.2) is 8.78 Å². The van der Waals surface area contributed by atoms with E-state index in [1.807, 2.05) is 133 Å². The summed E-state index contributed by atoms with van der Waals surface area (Å²) in [6.07, 6.45) is 3.64. The SMILES string of the molecule is C=Cc1ccc(Oc2ccc(C3(c4ccc(F)cc4)c4ccccc4-c4ccc(N(c5ccc6c(c5)C(C)(C)c5cc(N(c7ccc8c(c7)C(c7ccc(F)cc7)(c7ccc(Oc9ccc(C=C)cc9)cc7)c7ccccc7-8)c7ccc8c(c7)oc7ccccc78)ccc5-6)c5ccc6c(c5)oc5ccccc56)cc43)cc2)cc1. The van der Waals surface area contributed by atoms with Gasteiger partial charge in [0.15, 0.2) is 0 Å². The quantitative estimate of drug-likeness (QED) is 0.0961. The highest BCUT2D eigenvalue weighted by atomic mass is 19.1. The first-order valence-electron chi connectivity index (χ1n) is 38.2. The van der Waals surface area contributed by atoms with Crippen molar-refractivity contribution in [3.8, 4) is 56.4 Å². The van der Waals surface area contributed by atoms with Crippen molar-refractivity contribution in [2.24, 2.45) is 0 Å². The zero-order chi connectivity index (χ0) is 75.8. The number of benzene rings is 16. The smallest absolute Gasteiger partial charge is 0.137 e. The van der Waals surface area contributed by atoms with Gasteiger partial charge < -0.3 is 28.1 Å². The number of rotatable bonds is 16. The van der Waals surface area contributed by atoms with Crippen molar-refractivity contribution in [2.45, 2.75) is 30.1 Å². The molecule has 0 saturated heterocycles. The van der Waals surface area contributed by atoms with Crippen molar-refractivity contribution in [2.75, 3.05) is 9.80 Å². The molecule has 0 amide bonds. The zero-order valence-electron chi connectivity index (χ0n) is 61.8. The fourth-order valence-corrected chi connectivity index (χ4v) is 18.5. The molecule has 0 aliphatic heterocycles. The molecule has 2 heterocycles. The Bertz CT molecular complexity index is 6480. The van der Waals surface area contributed by atoms with E-state index < -0.39 is 16.2 Å². The highest BCUT2D eigenvalue weighted by molar-refractivity contribution is 6.08. The number of halogens is 2. The Hall–Kier alpha value is -14.3. The predicted octanol–water partition coefficient (Wildman–Crippen LogP) is 28.6. The molecule has 2 aromatic heterocycles. The van der Waals surface area contributed by atoms with Gasteiger partial charge in [0.05, 0.1) is 10.8 Å². The number of hydrogen-bond donors (Lipinski definition) is 0. The molecule has 6 nitrogen and oxygen atoms in total. The molecule has 8 heteroatoms. The lowest BCUT2D eigenvalue weighted by Gasteiger charge is -2.35. The summed E-state index contributed by atoms with van der Waals surface area (Å²) in [5.74, 6) is 2.18. The predicted molar refractivity (Wildman–Crippen MR) is 456 cm³/mol. The van der Waals surface area contributed by atoms with Crippen LogP contribution in [0.25, 0.3) is 89.4 Å². The fraction of sp³-hybridized carbons (Fsp3) is 0.0476. The molecule has 3 aliphatic rings. The van der Waals surface area contributed by atoms with E-state index in [1.54, 1.807) is 24.3 Å². The number of furan rings is 2. The summed E-state index contributed by atoms with van der Waals surface area (Å²) >= 11 is 0. The highest BCUT2D eigenvalue weighted by Gasteiger charge is 2.49. The summed E-state index contributed by atoms with van der Waals surface area (Å²) in [4.78, 5) is 4.73. The standard InChI is InChI=1S/C105H70F2N2O4/c1-5-65-23-45-79(46-24-65)110-81-49-31-69(32-50-81)104(67-27-35-71(106)36-28-67)93-19-11-7-15-83(93)87-55-41-75(61-97(87)104)108(77-43-57-91-89-17-9-13-21-99(89)112-101(91)63-77)73-39-53-85-86-54-40-74(60-96(86)103(3,4)95(85)59-73)109(78-44-58-92-90-18-10-14-22-100(90)113-102(92)64-78)76-42-56-88-84-16-8-12-20-94(84)105(98(88)62-76,68-29-37-72(107)38-30-68)70-33-51-82(52-34-70)111-80-47-25-66(6-2)26-48-80/h5-64H,1-2H2,3-4H3. The molecule has 2 unspecified atom stereocenters. The molecule has 0 bridgehead atoms. The molecule has 0 N–H and O–H groups in total. The Morgan fingerprint density at radius 2 is 0.558 bits per heavy atom. The largest absolute Gasteiger partial charge is 0.457 e. The van der Waals surface area contributed by atoms with Crippen molar-refractivity contribution in [3.05, 3.63) is 443 Å². The molecule has 0 spiro atoms. The second-order valence-corrected chi connectivity index (χ2v) is 30.2. The Labute approximate surface area is 652 Å². The second-order valence-electron chi connectivity index (χ2n) is 30.2. The number of para-hydroxylation sites is 2. The van der Waals surface area contributed by atoms with Crippen LogP contribution in [0.2, 0.25) is 0 Å². The van der Waals surface area contributed by atoms with E-state index in [0.717, 1.165) is 167 Å². The molecular weight excluding hydrogens is 1390 g/mol. The van der Waals surface area contributed by atoms with E-state index in [2.05, 4.69) is 243 Å². The van der Waals surface area contributed by atoms with Crippen LogP contribution < -0.4 is 19.3 Å². The van der Waals surface area contributed by atoms with Crippen molar-refractivity contribution in [1.82, 2.24) is 0 Å². The van der Waals surface area contributed by atoms with Crippen LogP contribution in [0.1, 0.15) is 80.6 Å². The third kappa shape index (κ3) is 10.5. The van der Waals surface area contributed by atoms with Crippen LogP contribution in [-0.2, 0) is 16.2 Å². The van der Waals surface area contributed by atoms with E-state index in [9.17, 15) is 0 Å². The molecule has 18 aromatic rings. The maximum atomic E-state index is 15.5. The summed E-state index contributed by atoms with van der Waals surface area (Å²) in [6.45, 7) is 12.6. The van der Waals surface area contributed by atoms with Gasteiger partial charge in [0.1, 0.15) is 57.0 Å². The average Bonchev–Trinajstić information content (AvgIpc) is 1.55. The topological polar surface area (TPSA) is 51.2 Å². The van der Waals surface area contributed by atoms with Crippen LogP contribution in [-0.4, -0.2) is 0 Å². The minimum absolute atomic E-state index is 0.312. The van der Waals surface area contributed by atoms with Gasteiger partial charge in [-0.2, -0.15) is 0 Å². The van der Waals surface area contributed by atoms with Crippen LogP contribution >= 0.6 is 0 Å². The second kappa shape index (κ2) is 25.9. The monoisotopic (exact) mass is 1460 g/mol. The first-order chi connectivity index (χ1) is 55.4. The van der Waals surface area contributed by atoms with Crippen molar-refractivity contribution < 1.29 is 27.1 Å². The molecule has 21 rings (SSSR count). The number of ether oxygens (including phenoxy) is 2. The Morgan fingerprint density at radius 1 is 0.274 bits per heavy atom. The van der Waals surface area contributed by atoms with E-state index in [1.165, 1.54) is 11.1 Å². The van der Waals surface area contributed by atoms with Crippen LogP contribution in [0.4, 0.5) is 42.9 Å². The number of nitrogens with zero attached hydrogens (tertiary/aromatic N) is 2. The normalized spacial score (nSPS) is 15.3. The molecule has 0 radical (unpaired) electrons. The van der Waals surface area contributed by atoms with E-state index in [0.29, 0.717) is 23.0 Å². The number of anilines is 6. The molecule has 0 fully saturated rings. The van der Waals surface area contributed by atoms with Gasteiger partial charge in [-0.3, -0.25) is 0 Å². The number of hydrogen-bond acceptors (Lipinski definition) is 6. The van der Waals surface area contributed by atoms with Gasteiger partial charge >= 0.3 is 0 Å². The minimum atomic E-state index is -0.905. The Kier molecular flexibility index (Phi) is 15.3. The average molecular weight is 1460 g/mol. The minimum Gasteiger partial charge on any atom is -0.457 e. The van der Waals surface area contributed by atoms with Crippen LogP contribution in [0.15, 0.2) is 374 Å². The molecular formula is C105H70F2N2O4. The van der Waals surface area contributed by atoms with Gasteiger partial charge in [0.2, 0.25) is 0 Å². The van der Waals surface area contributed by atoms with Gasteiger partial charge in [0.25, 0.3) is 0 Å². The Balaban J connectivity index is 0.716. The van der Waals surface area contributed by atoms with E-state index in [-0.39, 0.29) is 11.6 Å². The lowest BCUT2D eigenvalue weighted by molar-refractivity contribution is 0.482. The Morgan fingerprint density at radius 3 is 0.929 bits per heavy atom. The van der Waals surface area contributed by atoms with Crippen LogP contribution in [0, 0.1) is 11.6 Å². The summed E-state index contributed by atoms with van der Waals surface area (Å²) in [7, 11) is 0. The molecule has 0 saturated carbocycles. The first-order valence-corrected chi connectivity index (χ1v) is 38.2. The highest BCUT2D eigenvalue weighted by Crippen LogP contribution is 2.61. The maximum Gasteiger partial charge on any atom is 0.137 e. The van der Waals surface area contributed by atoms with Gasteiger partial charge in [-0.1, -0.05) is 221 Å². The lowest BCUT2D eigenvalue weighted by atomic mass is 9.67. The van der Waals surface area contributed by atoms with Crippen molar-refractivity contribution in [1.29, 1.82) is 0 Å². The van der Waals surface area contributed by atoms with Gasteiger partial charge in [-0.05, 0) is 258 Å². The third-order valence-corrected chi connectivity index (χ3v) is 23.8. The van der Waals surface area contributed by atoms with Gasteiger partial charge in [0, 0.05) is 73.2 Å². The maximum absolute atomic E-state index is 15.5. The summed E-state index contributed by atoms with van der Waals surface area (Å²) in [6, 6.07) is 121. The fourth-order valence-electron chi connectivity index (χ4n) is 18.5. The molecule has 538 valence electrons. The van der Waals surface area contributed by atoms with E-state index in [4.69, 9.17) is 18.3 Å². The van der Waals surface area contributed by atoms with Gasteiger partial charge in [-0.15, -0.1) is 0 Å². The molecule has 16 aromatic carbocycles. The molecule has 113 heavy (non-hydrogen) atoms.